The average Bonchev–Trinajstić information content (AvgIpc) is 2.81. The number of anilines is 1. The summed E-state index contributed by atoms with van der Waals surface area (Å²) in [6.45, 7) is 3.53. The Hall–Kier alpha value is -1.51. The molecular weight excluding hydrogens is 258 g/mol. The van der Waals surface area contributed by atoms with Gasteiger partial charge in [0, 0.05) is 13.1 Å². The van der Waals surface area contributed by atoms with Gasteiger partial charge in [0.1, 0.15) is 0 Å². The number of halogens is 1. The summed E-state index contributed by atoms with van der Waals surface area (Å²) in [4.78, 5) is 2.26. The number of benzene rings is 2. The molecule has 0 aromatic heterocycles. The fourth-order valence-corrected chi connectivity index (χ4v) is 2.85. The molecule has 2 nitrogen and oxygen atoms in total. The summed E-state index contributed by atoms with van der Waals surface area (Å²) >= 11 is 6.34. The summed E-state index contributed by atoms with van der Waals surface area (Å²) < 4.78 is 0. The Kier molecular flexibility index (Phi) is 3.21. The summed E-state index contributed by atoms with van der Waals surface area (Å²) in [6.07, 6.45) is -0.484. The van der Waals surface area contributed by atoms with E-state index in [1.807, 2.05) is 18.2 Å². The lowest BCUT2D eigenvalue weighted by molar-refractivity contribution is 0.199. The van der Waals surface area contributed by atoms with Gasteiger partial charge in [-0.1, -0.05) is 41.9 Å². The van der Waals surface area contributed by atoms with Crippen LogP contribution in [0.3, 0.4) is 0 Å². The van der Waals surface area contributed by atoms with Crippen LogP contribution in [-0.4, -0.2) is 5.11 Å². The predicted octanol–water partition coefficient (Wildman–Crippen LogP) is 3.91. The van der Waals surface area contributed by atoms with Crippen LogP contribution >= 0.6 is 11.6 Å². The normalized spacial score (nSPS) is 15.4. The molecule has 1 aliphatic heterocycles. The molecule has 1 atom stereocenters. The van der Waals surface area contributed by atoms with E-state index in [9.17, 15) is 5.11 Å². The number of rotatable bonds is 2. The highest BCUT2D eigenvalue weighted by atomic mass is 35.5. The molecule has 1 N–H and O–H groups in total. The third-order valence-corrected chi connectivity index (χ3v) is 3.94. The molecule has 0 fully saturated rings. The molecule has 0 amide bonds. The number of fused-ring (bicyclic) bond motifs is 1. The topological polar surface area (TPSA) is 23.5 Å². The van der Waals surface area contributed by atoms with Gasteiger partial charge in [0.2, 0.25) is 0 Å². The molecule has 1 unspecified atom stereocenters. The van der Waals surface area contributed by atoms with Crippen LogP contribution in [0, 0.1) is 0 Å². The first kappa shape index (κ1) is 12.5. The van der Waals surface area contributed by atoms with Gasteiger partial charge in [-0.2, -0.15) is 0 Å². The molecule has 0 saturated heterocycles. The van der Waals surface area contributed by atoms with Crippen LogP contribution in [0.4, 0.5) is 5.69 Å². The van der Waals surface area contributed by atoms with Gasteiger partial charge in [0.15, 0.2) is 0 Å². The molecule has 0 spiro atoms. The number of hydrogen-bond acceptors (Lipinski definition) is 2. The molecule has 0 saturated carbocycles. The lowest BCUT2D eigenvalue weighted by Gasteiger charge is -2.20. The van der Waals surface area contributed by atoms with Gasteiger partial charge in [0.05, 0.1) is 16.8 Å². The summed E-state index contributed by atoms with van der Waals surface area (Å²) in [5.41, 5.74) is 4.60. The highest BCUT2D eigenvalue weighted by Gasteiger charge is 2.20. The van der Waals surface area contributed by atoms with Crippen molar-refractivity contribution < 1.29 is 5.11 Å². The van der Waals surface area contributed by atoms with E-state index in [-0.39, 0.29) is 0 Å². The van der Waals surface area contributed by atoms with E-state index in [1.165, 1.54) is 11.1 Å². The van der Waals surface area contributed by atoms with Crippen molar-refractivity contribution in [3.05, 3.63) is 64.2 Å². The Balaban J connectivity index is 1.89. The van der Waals surface area contributed by atoms with Crippen LogP contribution in [0.15, 0.2) is 42.5 Å². The second-order valence-electron chi connectivity index (χ2n) is 5.01. The molecule has 1 aliphatic rings. The number of aliphatic hydroxyl groups excluding tert-OH is 1. The van der Waals surface area contributed by atoms with Crippen LogP contribution in [0.5, 0.6) is 0 Å². The van der Waals surface area contributed by atoms with E-state index in [0.29, 0.717) is 5.02 Å². The minimum atomic E-state index is -0.484. The molecule has 2 aromatic carbocycles. The largest absolute Gasteiger partial charge is 0.389 e. The maximum Gasteiger partial charge on any atom is 0.0762 e. The smallest absolute Gasteiger partial charge is 0.0762 e. The second kappa shape index (κ2) is 4.87. The minimum Gasteiger partial charge on any atom is -0.389 e. The molecule has 0 radical (unpaired) electrons. The van der Waals surface area contributed by atoms with Crippen molar-refractivity contribution in [1.29, 1.82) is 0 Å². The molecule has 2 aromatic rings. The van der Waals surface area contributed by atoms with Gasteiger partial charge in [0.25, 0.3) is 0 Å². The zero-order chi connectivity index (χ0) is 13.4. The average molecular weight is 274 g/mol. The van der Waals surface area contributed by atoms with Crippen LogP contribution < -0.4 is 4.90 Å². The summed E-state index contributed by atoms with van der Waals surface area (Å²) in [6, 6.07) is 14.2. The molecule has 19 heavy (non-hydrogen) atoms. The Morgan fingerprint density at radius 1 is 1.11 bits per heavy atom. The van der Waals surface area contributed by atoms with Gasteiger partial charge in [-0.05, 0) is 35.7 Å². The Morgan fingerprint density at radius 2 is 1.74 bits per heavy atom. The third-order valence-electron chi connectivity index (χ3n) is 3.64. The molecule has 3 heteroatoms. The quantitative estimate of drug-likeness (QED) is 0.897. The highest BCUT2D eigenvalue weighted by molar-refractivity contribution is 6.33. The van der Waals surface area contributed by atoms with Gasteiger partial charge in [-0.25, -0.2) is 0 Å². The first-order chi connectivity index (χ1) is 9.15. The summed E-state index contributed by atoms with van der Waals surface area (Å²) in [5, 5.41) is 10.3. The van der Waals surface area contributed by atoms with E-state index in [0.717, 1.165) is 24.3 Å². The second-order valence-corrected chi connectivity index (χ2v) is 5.42. The lowest BCUT2D eigenvalue weighted by atomic mass is 10.1. The molecule has 98 valence electrons. The van der Waals surface area contributed by atoms with Crippen molar-refractivity contribution in [2.45, 2.75) is 26.1 Å². The van der Waals surface area contributed by atoms with Crippen molar-refractivity contribution in [3.8, 4) is 0 Å². The highest BCUT2D eigenvalue weighted by Crippen LogP contribution is 2.34. The fraction of sp³-hybridized carbons (Fsp3) is 0.250. The van der Waals surface area contributed by atoms with Crippen LogP contribution in [-0.2, 0) is 13.1 Å². The van der Waals surface area contributed by atoms with E-state index in [4.69, 9.17) is 11.6 Å². The fourth-order valence-electron chi connectivity index (χ4n) is 2.54. The Morgan fingerprint density at radius 3 is 2.26 bits per heavy atom. The van der Waals surface area contributed by atoms with Crippen molar-refractivity contribution >= 4 is 17.3 Å². The van der Waals surface area contributed by atoms with Gasteiger partial charge < -0.3 is 10.0 Å². The summed E-state index contributed by atoms with van der Waals surface area (Å²) in [7, 11) is 0. The monoisotopic (exact) mass is 273 g/mol. The van der Waals surface area contributed by atoms with E-state index < -0.39 is 6.10 Å². The first-order valence-corrected chi connectivity index (χ1v) is 6.82. The predicted molar refractivity (Wildman–Crippen MR) is 78.4 cm³/mol. The SMILES string of the molecule is CC(O)c1ccc(N2Cc3ccccc3C2)c(Cl)c1. The molecule has 1 heterocycles. The maximum atomic E-state index is 9.57. The van der Waals surface area contributed by atoms with Crippen molar-refractivity contribution in [1.82, 2.24) is 0 Å². The maximum absolute atomic E-state index is 9.57. The first-order valence-electron chi connectivity index (χ1n) is 6.44. The third kappa shape index (κ3) is 2.34. The lowest BCUT2D eigenvalue weighted by Crippen LogP contribution is -2.15. The molecule has 0 bridgehead atoms. The van der Waals surface area contributed by atoms with Crippen LogP contribution in [0.2, 0.25) is 5.02 Å². The van der Waals surface area contributed by atoms with Crippen LogP contribution in [0.25, 0.3) is 0 Å². The number of nitrogens with zero attached hydrogens (tertiary/aromatic N) is 1. The van der Waals surface area contributed by atoms with Gasteiger partial charge >= 0.3 is 0 Å². The van der Waals surface area contributed by atoms with Crippen molar-refractivity contribution in [3.63, 3.8) is 0 Å². The molecule has 0 aliphatic carbocycles. The van der Waals surface area contributed by atoms with E-state index >= 15 is 0 Å². The number of hydrogen-bond donors (Lipinski definition) is 1. The standard InChI is InChI=1S/C16H16ClNO/c1-11(19)12-6-7-16(15(17)8-12)18-9-13-4-2-3-5-14(13)10-18/h2-8,11,19H,9-10H2,1H3. The van der Waals surface area contributed by atoms with Crippen molar-refractivity contribution in [2.24, 2.45) is 0 Å². The Bertz CT molecular complexity index is 584. The van der Waals surface area contributed by atoms with Gasteiger partial charge in [-0.15, -0.1) is 0 Å². The number of aliphatic hydroxyl groups is 1. The zero-order valence-electron chi connectivity index (χ0n) is 10.8. The summed E-state index contributed by atoms with van der Waals surface area (Å²) in [5.74, 6) is 0. The van der Waals surface area contributed by atoms with Crippen molar-refractivity contribution in [2.75, 3.05) is 4.90 Å². The van der Waals surface area contributed by atoms with Gasteiger partial charge in [-0.3, -0.25) is 0 Å². The zero-order valence-corrected chi connectivity index (χ0v) is 11.6. The minimum absolute atomic E-state index is 0.484. The Labute approximate surface area is 118 Å². The van der Waals surface area contributed by atoms with Crippen LogP contribution in [0.1, 0.15) is 29.7 Å². The van der Waals surface area contributed by atoms with E-state index in [2.05, 4.69) is 29.2 Å². The van der Waals surface area contributed by atoms with E-state index in [1.54, 1.807) is 6.92 Å². The molecule has 3 rings (SSSR count). The molecular formula is C16H16ClNO.